The van der Waals surface area contributed by atoms with Gasteiger partial charge >= 0.3 is 6.18 Å². The molecule has 4 nitrogen and oxygen atoms in total. The van der Waals surface area contributed by atoms with Crippen molar-refractivity contribution >= 4 is 12.4 Å². The molecule has 20 heavy (non-hydrogen) atoms. The van der Waals surface area contributed by atoms with Crippen molar-refractivity contribution in [1.29, 1.82) is 0 Å². The topological polar surface area (TPSA) is 64.2 Å². The number of allylic oxidation sites excluding steroid dienone is 1. The van der Waals surface area contributed by atoms with Gasteiger partial charge in [-0.05, 0) is 32.2 Å². The van der Waals surface area contributed by atoms with Crippen LogP contribution in [-0.2, 0) is 6.18 Å². The van der Waals surface area contributed by atoms with E-state index in [1.54, 1.807) is 6.08 Å². The SMILES string of the molecule is C=N/C(=C\C(CN)=C(C)C)c1cnc(C(F)(F)F)nc1. The minimum atomic E-state index is -4.56. The van der Waals surface area contributed by atoms with Crippen molar-refractivity contribution < 1.29 is 13.2 Å². The average Bonchev–Trinajstić information content (AvgIpc) is 2.39. The van der Waals surface area contributed by atoms with Crippen LogP contribution >= 0.6 is 0 Å². The van der Waals surface area contributed by atoms with E-state index in [1.807, 2.05) is 13.8 Å². The Morgan fingerprint density at radius 2 is 1.90 bits per heavy atom. The maximum Gasteiger partial charge on any atom is 0.451 e. The third-order valence-electron chi connectivity index (χ3n) is 2.54. The Hall–Kier alpha value is -2.02. The standard InChI is InChI=1S/C13H15F3N4/c1-8(2)9(5-17)4-11(18-3)10-6-19-12(20-7-10)13(14,15)16/h4,6-7H,3,5,17H2,1-2H3/b11-4-. The molecule has 1 heterocycles. The van der Waals surface area contributed by atoms with E-state index in [9.17, 15) is 13.2 Å². The molecule has 0 aliphatic rings. The molecule has 0 saturated heterocycles. The summed E-state index contributed by atoms with van der Waals surface area (Å²) in [6, 6.07) is 0. The minimum absolute atomic E-state index is 0.294. The summed E-state index contributed by atoms with van der Waals surface area (Å²) < 4.78 is 37.1. The number of alkyl halides is 3. The first-order valence-corrected chi connectivity index (χ1v) is 5.74. The third kappa shape index (κ3) is 3.99. The molecule has 0 atom stereocenters. The normalized spacial score (nSPS) is 12.2. The second-order valence-corrected chi connectivity index (χ2v) is 4.21. The maximum absolute atomic E-state index is 12.4. The van der Waals surface area contributed by atoms with Gasteiger partial charge in [-0.2, -0.15) is 13.2 Å². The van der Waals surface area contributed by atoms with E-state index in [-0.39, 0.29) is 0 Å². The summed E-state index contributed by atoms with van der Waals surface area (Å²) in [5.74, 6) is -1.19. The lowest BCUT2D eigenvalue weighted by Gasteiger charge is -2.07. The number of nitrogens with two attached hydrogens (primary N) is 1. The van der Waals surface area contributed by atoms with Gasteiger partial charge in [0.2, 0.25) is 5.82 Å². The highest BCUT2D eigenvalue weighted by Gasteiger charge is 2.34. The van der Waals surface area contributed by atoms with Gasteiger partial charge in [0, 0.05) is 24.5 Å². The lowest BCUT2D eigenvalue weighted by atomic mass is 10.1. The highest BCUT2D eigenvalue weighted by atomic mass is 19.4. The quantitative estimate of drug-likeness (QED) is 0.683. The first kappa shape index (κ1) is 16.0. The minimum Gasteiger partial charge on any atom is -0.326 e. The summed E-state index contributed by atoms with van der Waals surface area (Å²) in [5.41, 5.74) is 8.13. The Morgan fingerprint density at radius 3 is 2.25 bits per heavy atom. The maximum atomic E-state index is 12.4. The second-order valence-electron chi connectivity index (χ2n) is 4.21. The Kier molecular flexibility index (Phi) is 5.15. The first-order valence-electron chi connectivity index (χ1n) is 5.74. The van der Waals surface area contributed by atoms with Crippen molar-refractivity contribution in [2.75, 3.05) is 6.54 Å². The molecule has 1 rings (SSSR count). The molecule has 0 aliphatic carbocycles. The van der Waals surface area contributed by atoms with Crippen LogP contribution in [0.1, 0.15) is 25.2 Å². The average molecular weight is 284 g/mol. The van der Waals surface area contributed by atoms with E-state index in [0.29, 0.717) is 17.8 Å². The molecule has 0 aromatic carbocycles. The van der Waals surface area contributed by atoms with Gasteiger partial charge in [0.05, 0.1) is 5.70 Å². The molecule has 1 aromatic heterocycles. The van der Waals surface area contributed by atoms with Crippen LogP contribution in [0, 0.1) is 0 Å². The first-order chi connectivity index (χ1) is 9.29. The molecule has 7 heteroatoms. The second kappa shape index (κ2) is 6.42. The van der Waals surface area contributed by atoms with Gasteiger partial charge in [0.15, 0.2) is 0 Å². The fraction of sp³-hybridized carbons (Fsp3) is 0.308. The summed E-state index contributed by atoms with van der Waals surface area (Å²) in [5, 5.41) is 0. The Morgan fingerprint density at radius 1 is 1.35 bits per heavy atom. The Labute approximate surface area is 115 Å². The Bertz CT molecular complexity index is 538. The molecule has 0 amide bonds. The molecule has 1 aromatic rings. The van der Waals surface area contributed by atoms with Crippen molar-refractivity contribution in [3.63, 3.8) is 0 Å². The summed E-state index contributed by atoms with van der Waals surface area (Å²) in [4.78, 5) is 10.3. The van der Waals surface area contributed by atoms with E-state index in [0.717, 1.165) is 23.5 Å². The molecular formula is C13H15F3N4. The smallest absolute Gasteiger partial charge is 0.326 e. The zero-order valence-electron chi connectivity index (χ0n) is 11.2. The molecule has 2 N–H and O–H groups in total. The number of aliphatic imine (C=N–C) groups is 1. The van der Waals surface area contributed by atoms with E-state index in [1.165, 1.54) is 0 Å². The Balaban J connectivity index is 3.18. The molecule has 0 unspecified atom stereocenters. The fourth-order valence-corrected chi connectivity index (χ4v) is 1.40. The van der Waals surface area contributed by atoms with Crippen molar-refractivity contribution in [2.45, 2.75) is 20.0 Å². The molecule has 0 bridgehead atoms. The van der Waals surface area contributed by atoms with Crippen LogP contribution in [0.2, 0.25) is 0 Å². The molecule has 0 radical (unpaired) electrons. The van der Waals surface area contributed by atoms with Gasteiger partial charge in [-0.15, -0.1) is 0 Å². The van der Waals surface area contributed by atoms with Crippen LogP contribution in [0.15, 0.2) is 34.6 Å². The van der Waals surface area contributed by atoms with Crippen LogP contribution in [0.3, 0.4) is 0 Å². The van der Waals surface area contributed by atoms with Crippen molar-refractivity contribution in [3.8, 4) is 0 Å². The number of aromatic nitrogens is 2. The van der Waals surface area contributed by atoms with Crippen LogP contribution < -0.4 is 5.73 Å². The van der Waals surface area contributed by atoms with Crippen LogP contribution in [0.4, 0.5) is 13.2 Å². The van der Waals surface area contributed by atoms with Gasteiger partial charge in [0.25, 0.3) is 0 Å². The van der Waals surface area contributed by atoms with Crippen molar-refractivity contribution in [1.82, 2.24) is 9.97 Å². The van der Waals surface area contributed by atoms with Gasteiger partial charge < -0.3 is 5.73 Å². The largest absolute Gasteiger partial charge is 0.451 e. The lowest BCUT2D eigenvalue weighted by Crippen LogP contribution is -2.10. The lowest BCUT2D eigenvalue weighted by molar-refractivity contribution is -0.145. The monoisotopic (exact) mass is 284 g/mol. The number of hydrogen-bond donors (Lipinski definition) is 1. The molecular weight excluding hydrogens is 269 g/mol. The molecule has 0 saturated carbocycles. The van der Waals surface area contributed by atoms with Crippen LogP contribution in [0.25, 0.3) is 5.70 Å². The van der Waals surface area contributed by atoms with E-state index in [4.69, 9.17) is 5.73 Å². The van der Waals surface area contributed by atoms with Gasteiger partial charge in [0.1, 0.15) is 0 Å². The van der Waals surface area contributed by atoms with E-state index in [2.05, 4.69) is 21.7 Å². The summed E-state index contributed by atoms with van der Waals surface area (Å²) in [6.07, 6.45) is -0.772. The molecule has 108 valence electrons. The number of hydrogen-bond acceptors (Lipinski definition) is 4. The zero-order chi connectivity index (χ0) is 15.3. The van der Waals surface area contributed by atoms with E-state index < -0.39 is 12.0 Å². The predicted molar refractivity (Wildman–Crippen MR) is 72.0 cm³/mol. The van der Waals surface area contributed by atoms with Crippen LogP contribution in [0.5, 0.6) is 0 Å². The van der Waals surface area contributed by atoms with Crippen LogP contribution in [-0.4, -0.2) is 23.2 Å². The number of rotatable bonds is 4. The van der Waals surface area contributed by atoms with Crippen molar-refractivity contribution in [3.05, 3.63) is 41.0 Å². The summed E-state index contributed by atoms with van der Waals surface area (Å²) in [6.45, 7) is 7.45. The van der Waals surface area contributed by atoms with Gasteiger partial charge in [-0.3, -0.25) is 4.99 Å². The predicted octanol–water partition coefficient (Wildman–Crippen LogP) is 2.83. The molecule has 0 fully saturated rings. The third-order valence-corrected chi connectivity index (χ3v) is 2.54. The molecule has 0 spiro atoms. The number of halogens is 3. The fourth-order valence-electron chi connectivity index (χ4n) is 1.40. The number of nitrogens with zero attached hydrogens (tertiary/aromatic N) is 3. The zero-order valence-corrected chi connectivity index (χ0v) is 11.2. The summed E-state index contributed by atoms with van der Waals surface area (Å²) >= 11 is 0. The molecule has 0 aliphatic heterocycles. The summed E-state index contributed by atoms with van der Waals surface area (Å²) in [7, 11) is 0. The highest BCUT2D eigenvalue weighted by molar-refractivity contribution is 5.69. The highest BCUT2D eigenvalue weighted by Crippen LogP contribution is 2.26. The van der Waals surface area contributed by atoms with Gasteiger partial charge in [-0.25, -0.2) is 9.97 Å². The van der Waals surface area contributed by atoms with Gasteiger partial charge in [-0.1, -0.05) is 5.57 Å². The van der Waals surface area contributed by atoms with E-state index >= 15 is 0 Å². The van der Waals surface area contributed by atoms with Crippen molar-refractivity contribution in [2.24, 2.45) is 10.7 Å².